The Bertz CT molecular complexity index is 572. The van der Waals surface area contributed by atoms with E-state index in [2.05, 4.69) is 25.6 Å². The van der Waals surface area contributed by atoms with Gasteiger partial charge < -0.3 is 15.0 Å². The third kappa shape index (κ3) is 1.97. The topological polar surface area (TPSA) is 61.3 Å². The molecular formula is C10H7BrF2N2O2. The van der Waals surface area contributed by atoms with Gasteiger partial charge in [-0.25, -0.2) is 8.78 Å². The molecule has 0 saturated heterocycles. The standard InChI is InChI=1S/C10H7BrF2N2O2/c1-16-6-2-4(12)8(10(13)9(6)11)5-3-7(14)17-15-5/h2-3H,14H2,1H3. The molecule has 2 rings (SSSR count). The highest BCUT2D eigenvalue weighted by Crippen LogP contribution is 2.36. The lowest BCUT2D eigenvalue weighted by atomic mass is 10.1. The van der Waals surface area contributed by atoms with E-state index < -0.39 is 11.6 Å². The van der Waals surface area contributed by atoms with Crippen LogP contribution in [0.2, 0.25) is 0 Å². The van der Waals surface area contributed by atoms with E-state index in [-0.39, 0.29) is 27.4 Å². The molecule has 0 bridgehead atoms. The minimum absolute atomic E-state index is 0.0120. The van der Waals surface area contributed by atoms with Crippen LogP contribution in [0.3, 0.4) is 0 Å². The fraction of sp³-hybridized carbons (Fsp3) is 0.100. The number of rotatable bonds is 2. The van der Waals surface area contributed by atoms with E-state index in [0.717, 1.165) is 6.07 Å². The zero-order chi connectivity index (χ0) is 12.6. The number of benzene rings is 1. The Hall–Kier alpha value is -1.63. The molecule has 1 aromatic carbocycles. The highest BCUT2D eigenvalue weighted by Gasteiger charge is 2.21. The van der Waals surface area contributed by atoms with Crippen LogP contribution in [0.5, 0.6) is 5.75 Å². The van der Waals surface area contributed by atoms with E-state index in [0.29, 0.717) is 0 Å². The van der Waals surface area contributed by atoms with Crippen molar-refractivity contribution in [2.45, 2.75) is 0 Å². The zero-order valence-electron chi connectivity index (χ0n) is 8.63. The van der Waals surface area contributed by atoms with Crippen molar-refractivity contribution in [3.05, 3.63) is 28.2 Å². The van der Waals surface area contributed by atoms with Crippen LogP contribution in [0.25, 0.3) is 11.3 Å². The summed E-state index contributed by atoms with van der Waals surface area (Å²) in [4.78, 5) is 0. The number of hydrogen-bond acceptors (Lipinski definition) is 4. The molecule has 90 valence electrons. The number of ether oxygens (including phenoxy) is 1. The Kier molecular flexibility index (Phi) is 3.01. The maximum Gasteiger partial charge on any atom is 0.222 e. The van der Waals surface area contributed by atoms with Crippen molar-refractivity contribution in [3.8, 4) is 17.0 Å². The Morgan fingerprint density at radius 3 is 2.65 bits per heavy atom. The molecule has 0 aliphatic carbocycles. The van der Waals surface area contributed by atoms with E-state index in [1.165, 1.54) is 13.2 Å². The molecule has 7 heteroatoms. The maximum absolute atomic E-state index is 13.9. The van der Waals surface area contributed by atoms with Crippen LogP contribution in [0.1, 0.15) is 0 Å². The second kappa shape index (κ2) is 4.33. The van der Waals surface area contributed by atoms with Crippen molar-refractivity contribution in [2.75, 3.05) is 12.8 Å². The molecule has 0 spiro atoms. The molecule has 2 aromatic rings. The first-order valence-electron chi connectivity index (χ1n) is 4.48. The van der Waals surface area contributed by atoms with Gasteiger partial charge in [-0.15, -0.1) is 0 Å². The highest BCUT2D eigenvalue weighted by molar-refractivity contribution is 9.10. The quantitative estimate of drug-likeness (QED) is 0.867. The first-order chi connectivity index (χ1) is 8.04. The summed E-state index contributed by atoms with van der Waals surface area (Å²) in [5.74, 6) is -1.60. The zero-order valence-corrected chi connectivity index (χ0v) is 10.2. The van der Waals surface area contributed by atoms with Gasteiger partial charge in [0.15, 0.2) is 5.82 Å². The van der Waals surface area contributed by atoms with E-state index in [9.17, 15) is 8.78 Å². The van der Waals surface area contributed by atoms with Crippen LogP contribution in [0.4, 0.5) is 14.7 Å². The van der Waals surface area contributed by atoms with E-state index in [1.807, 2.05) is 0 Å². The molecule has 1 aromatic heterocycles. The predicted octanol–water partition coefficient (Wildman–Crippen LogP) is 2.97. The molecule has 4 nitrogen and oxygen atoms in total. The molecule has 0 radical (unpaired) electrons. The fourth-order valence-corrected chi connectivity index (χ4v) is 1.84. The summed E-state index contributed by atoms with van der Waals surface area (Å²) in [5.41, 5.74) is 4.97. The SMILES string of the molecule is COc1cc(F)c(-c2cc(N)on2)c(F)c1Br. The minimum atomic E-state index is -0.824. The van der Waals surface area contributed by atoms with E-state index in [4.69, 9.17) is 10.5 Å². The first-order valence-corrected chi connectivity index (χ1v) is 5.28. The van der Waals surface area contributed by atoms with E-state index >= 15 is 0 Å². The first kappa shape index (κ1) is 11.8. The molecule has 0 saturated carbocycles. The number of nitrogens with zero attached hydrogens (tertiary/aromatic N) is 1. The van der Waals surface area contributed by atoms with Crippen molar-refractivity contribution in [3.63, 3.8) is 0 Å². The third-order valence-electron chi connectivity index (χ3n) is 2.13. The van der Waals surface area contributed by atoms with Crippen LogP contribution in [-0.4, -0.2) is 12.3 Å². The molecule has 0 amide bonds. The average Bonchev–Trinajstić information content (AvgIpc) is 2.70. The van der Waals surface area contributed by atoms with E-state index in [1.54, 1.807) is 0 Å². The van der Waals surface area contributed by atoms with Crippen molar-refractivity contribution < 1.29 is 18.0 Å². The van der Waals surface area contributed by atoms with Gasteiger partial charge in [-0.1, -0.05) is 5.16 Å². The van der Waals surface area contributed by atoms with Gasteiger partial charge in [0.2, 0.25) is 5.88 Å². The summed E-state index contributed by atoms with van der Waals surface area (Å²) in [5, 5.41) is 3.46. The number of methoxy groups -OCH3 is 1. The van der Waals surface area contributed by atoms with Crippen molar-refractivity contribution >= 4 is 21.8 Å². The number of aromatic nitrogens is 1. The summed E-state index contributed by atoms with van der Waals surface area (Å²) in [6.45, 7) is 0. The summed E-state index contributed by atoms with van der Waals surface area (Å²) >= 11 is 2.97. The number of hydrogen-bond donors (Lipinski definition) is 1. The number of nitrogen functional groups attached to an aromatic ring is 1. The predicted molar refractivity (Wildman–Crippen MR) is 60.5 cm³/mol. The van der Waals surface area contributed by atoms with Crippen molar-refractivity contribution in [1.29, 1.82) is 0 Å². The van der Waals surface area contributed by atoms with Crippen LogP contribution in [0, 0.1) is 11.6 Å². The summed E-state index contributed by atoms with van der Waals surface area (Å²) in [7, 11) is 1.31. The van der Waals surface area contributed by atoms with Gasteiger partial charge >= 0.3 is 0 Å². The maximum atomic E-state index is 13.9. The van der Waals surface area contributed by atoms with Crippen LogP contribution in [-0.2, 0) is 0 Å². The molecule has 0 unspecified atom stereocenters. The normalized spacial score (nSPS) is 10.6. The smallest absolute Gasteiger partial charge is 0.222 e. The lowest BCUT2D eigenvalue weighted by Crippen LogP contribution is -1.95. The van der Waals surface area contributed by atoms with Gasteiger partial charge in [-0.3, -0.25) is 0 Å². The van der Waals surface area contributed by atoms with Crippen molar-refractivity contribution in [1.82, 2.24) is 5.16 Å². The third-order valence-corrected chi connectivity index (χ3v) is 2.87. The Morgan fingerprint density at radius 1 is 1.41 bits per heavy atom. The lowest BCUT2D eigenvalue weighted by Gasteiger charge is -2.08. The lowest BCUT2D eigenvalue weighted by molar-refractivity contribution is 0.403. The average molecular weight is 305 g/mol. The molecule has 0 aliphatic heterocycles. The minimum Gasteiger partial charge on any atom is -0.495 e. The van der Waals surface area contributed by atoms with Gasteiger partial charge in [0.25, 0.3) is 0 Å². The largest absolute Gasteiger partial charge is 0.495 e. The van der Waals surface area contributed by atoms with Gasteiger partial charge in [0.1, 0.15) is 17.3 Å². The number of nitrogens with two attached hydrogens (primary N) is 1. The monoisotopic (exact) mass is 304 g/mol. The van der Waals surface area contributed by atoms with Crippen molar-refractivity contribution in [2.24, 2.45) is 0 Å². The molecule has 17 heavy (non-hydrogen) atoms. The highest BCUT2D eigenvalue weighted by atomic mass is 79.9. The van der Waals surface area contributed by atoms with Gasteiger partial charge in [-0.2, -0.15) is 0 Å². The summed E-state index contributed by atoms with van der Waals surface area (Å²) in [6.07, 6.45) is 0. The molecular weight excluding hydrogens is 298 g/mol. The van der Waals surface area contributed by atoms with Crippen LogP contribution < -0.4 is 10.5 Å². The second-order valence-electron chi connectivity index (χ2n) is 3.18. The number of halogens is 3. The molecule has 2 N–H and O–H groups in total. The van der Waals surface area contributed by atoms with Gasteiger partial charge in [-0.05, 0) is 15.9 Å². The summed E-state index contributed by atoms with van der Waals surface area (Å²) < 4.78 is 37.0. The van der Waals surface area contributed by atoms with Gasteiger partial charge in [0, 0.05) is 12.1 Å². The summed E-state index contributed by atoms with van der Waals surface area (Å²) in [6, 6.07) is 2.29. The Balaban J connectivity index is 2.66. The Morgan fingerprint density at radius 2 is 2.12 bits per heavy atom. The second-order valence-corrected chi connectivity index (χ2v) is 3.97. The molecule has 0 fully saturated rings. The molecule has 1 heterocycles. The van der Waals surface area contributed by atoms with Crippen LogP contribution in [0.15, 0.2) is 21.1 Å². The fourth-order valence-electron chi connectivity index (χ4n) is 1.36. The van der Waals surface area contributed by atoms with Crippen LogP contribution >= 0.6 is 15.9 Å². The number of anilines is 1. The molecule has 0 aliphatic rings. The Labute approximate surface area is 103 Å². The molecule has 0 atom stereocenters. The van der Waals surface area contributed by atoms with Gasteiger partial charge in [0.05, 0.1) is 17.1 Å².